The molecule has 0 aliphatic carbocycles. The van der Waals surface area contributed by atoms with Gasteiger partial charge in [0.2, 0.25) is 5.91 Å². The molecule has 0 saturated heterocycles. The predicted molar refractivity (Wildman–Crippen MR) is 118 cm³/mol. The first-order valence-electron chi connectivity index (χ1n) is 10.3. The van der Waals surface area contributed by atoms with E-state index in [1.807, 2.05) is 43.3 Å². The van der Waals surface area contributed by atoms with Crippen molar-refractivity contribution >= 4 is 16.8 Å². The third-order valence-electron chi connectivity index (χ3n) is 5.59. The number of aromatic nitrogens is 1. The van der Waals surface area contributed by atoms with Gasteiger partial charge in [-0.25, -0.2) is 8.78 Å². The van der Waals surface area contributed by atoms with Crippen molar-refractivity contribution in [1.29, 1.82) is 0 Å². The molecule has 0 saturated carbocycles. The van der Waals surface area contributed by atoms with E-state index in [4.69, 9.17) is 0 Å². The quantitative estimate of drug-likeness (QED) is 0.413. The summed E-state index contributed by atoms with van der Waals surface area (Å²) in [5.41, 5.74) is 4.33. The van der Waals surface area contributed by atoms with E-state index < -0.39 is 11.6 Å². The van der Waals surface area contributed by atoms with Crippen LogP contribution in [0.3, 0.4) is 0 Å². The molecule has 0 bridgehead atoms. The number of aryl methyl sites for hydroxylation is 1. The Morgan fingerprint density at radius 2 is 1.71 bits per heavy atom. The predicted octanol–water partition coefficient (Wildman–Crippen LogP) is 6.05. The van der Waals surface area contributed by atoms with Crippen LogP contribution in [-0.2, 0) is 19.3 Å². The summed E-state index contributed by atoms with van der Waals surface area (Å²) >= 11 is 0. The first-order valence-corrected chi connectivity index (χ1v) is 10.3. The first kappa shape index (κ1) is 20.8. The second-order valence-electron chi connectivity index (χ2n) is 7.62. The van der Waals surface area contributed by atoms with Gasteiger partial charge in [-0.3, -0.25) is 9.36 Å². The molecule has 158 valence electrons. The van der Waals surface area contributed by atoms with Crippen molar-refractivity contribution in [2.45, 2.75) is 32.6 Å². The maximum absolute atomic E-state index is 13.5. The van der Waals surface area contributed by atoms with Gasteiger partial charge in [-0.15, -0.1) is 0 Å². The molecule has 0 amide bonds. The summed E-state index contributed by atoms with van der Waals surface area (Å²) in [5.74, 6) is -1.87. The van der Waals surface area contributed by atoms with Gasteiger partial charge in [-0.05, 0) is 60.2 Å². The first-order chi connectivity index (χ1) is 15.0. The average Bonchev–Trinajstić information content (AvgIpc) is 3.07. The molecule has 3 aromatic carbocycles. The van der Waals surface area contributed by atoms with E-state index in [1.54, 1.807) is 16.7 Å². The highest BCUT2D eigenvalue weighted by Crippen LogP contribution is 2.32. The molecular formula is C26H23F2NO2. The fourth-order valence-electron chi connectivity index (χ4n) is 4.11. The van der Waals surface area contributed by atoms with Gasteiger partial charge >= 0.3 is 0 Å². The van der Waals surface area contributed by atoms with Gasteiger partial charge in [0.05, 0.1) is 5.52 Å². The Kier molecular flexibility index (Phi) is 5.85. The maximum atomic E-state index is 13.5. The summed E-state index contributed by atoms with van der Waals surface area (Å²) in [6, 6.07) is 18.8. The second-order valence-corrected chi connectivity index (χ2v) is 7.62. The number of carbonyl (C=O) groups excluding carboxylic acids is 1. The number of phenols is 1. The minimum atomic E-state index is -0.916. The lowest BCUT2D eigenvalue weighted by Crippen LogP contribution is -2.15. The van der Waals surface area contributed by atoms with Crippen molar-refractivity contribution in [2.75, 3.05) is 0 Å². The van der Waals surface area contributed by atoms with Crippen LogP contribution in [-0.4, -0.2) is 15.6 Å². The molecule has 0 atom stereocenters. The molecule has 31 heavy (non-hydrogen) atoms. The number of rotatable bonds is 6. The van der Waals surface area contributed by atoms with Gasteiger partial charge in [-0.2, -0.15) is 0 Å². The number of halogens is 2. The molecule has 0 radical (unpaired) electrons. The topological polar surface area (TPSA) is 42.2 Å². The van der Waals surface area contributed by atoms with E-state index >= 15 is 0 Å². The molecule has 0 aliphatic rings. The molecular weight excluding hydrogens is 396 g/mol. The average molecular weight is 419 g/mol. The van der Waals surface area contributed by atoms with E-state index in [9.17, 15) is 18.7 Å². The van der Waals surface area contributed by atoms with Crippen LogP contribution in [0.1, 0.15) is 40.5 Å². The highest BCUT2D eigenvalue weighted by atomic mass is 19.2. The van der Waals surface area contributed by atoms with Gasteiger partial charge in [-0.1, -0.05) is 43.3 Å². The molecule has 1 N–H and O–H groups in total. The Morgan fingerprint density at radius 3 is 2.42 bits per heavy atom. The SMILES string of the molecule is CCc1c(Cc2ccccc2)c2ccc(O)cc2n1C(=O)CCc1ccc(F)c(F)c1. The van der Waals surface area contributed by atoms with Crippen molar-refractivity contribution in [3.8, 4) is 5.75 Å². The normalized spacial score (nSPS) is 11.2. The zero-order valence-electron chi connectivity index (χ0n) is 17.2. The van der Waals surface area contributed by atoms with E-state index in [0.717, 1.165) is 34.3 Å². The van der Waals surface area contributed by atoms with Crippen LogP contribution in [0.4, 0.5) is 8.78 Å². The highest BCUT2D eigenvalue weighted by molar-refractivity contribution is 5.97. The maximum Gasteiger partial charge on any atom is 0.231 e. The smallest absolute Gasteiger partial charge is 0.231 e. The van der Waals surface area contributed by atoms with E-state index in [0.29, 0.717) is 30.3 Å². The lowest BCUT2D eigenvalue weighted by Gasteiger charge is -2.10. The molecule has 0 spiro atoms. The van der Waals surface area contributed by atoms with Crippen LogP contribution in [0.25, 0.3) is 10.9 Å². The van der Waals surface area contributed by atoms with Crippen molar-refractivity contribution in [1.82, 2.24) is 4.57 Å². The minimum Gasteiger partial charge on any atom is -0.508 e. The Hall–Kier alpha value is -3.47. The number of aromatic hydroxyl groups is 1. The van der Waals surface area contributed by atoms with Gasteiger partial charge in [0.1, 0.15) is 5.75 Å². The summed E-state index contributed by atoms with van der Waals surface area (Å²) in [7, 11) is 0. The van der Waals surface area contributed by atoms with Crippen molar-refractivity contribution < 1.29 is 18.7 Å². The number of benzene rings is 3. The Balaban J connectivity index is 1.72. The fraction of sp³-hybridized carbons (Fsp3) is 0.192. The van der Waals surface area contributed by atoms with E-state index in [-0.39, 0.29) is 18.1 Å². The third-order valence-corrected chi connectivity index (χ3v) is 5.59. The zero-order valence-corrected chi connectivity index (χ0v) is 17.2. The molecule has 4 aromatic rings. The number of hydrogen-bond acceptors (Lipinski definition) is 2. The third kappa shape index (κ3) is 4.22. The second kappa shape index (κ2) is 8.72. The van der Waals surface area contributed by atoms with Crippen LogP contribution < -0.4 is 0 Å². The molecule has 0 unspecified atom stereocenters. The Bertz CT molecular complexity index is 1250. The Labute approximate surface area is 179 Å². The lowest BCUT2D eigenvalue weighted by molar-refractivity contribution is 0.0905. The van der Waals surface area contributed by atoms with Crippen LogP contribution in [0.5, 0.6) is 5.75 Å². The van der Waals surface area contributed by atoms with Crippen molar-refractivity contribution in [3.63, 3.8) is 0 Å². The zero-order chi connectivity index (χ0) is 22.0. The highest BCUT2D eigenvalue weighted by Gasteiger charge is 2.21. The number of hydrogen-bond donors (Lipinski definition) is 1. The van der Waals surface area contributed by atoms with Gasteiger partial charge in [0.15, 0.2) is 11.6 Å². The molecule has 1 heterocycles. The van der Waals surface area contributed by atoms with E-state index in [2.05, 4.69) is 0 Å². The summed E-state index contributed by atoms with van der Waals surface area (Å²) in [6.45, 7) is 2.00. The van der Waals surface area contributed by atoms with E-state index in [1.165, 1.54) is 6.07 Å². The van der Waals surface area contributed by atoms with Crippen LogP contribution in [0, 0.1) is 11.6 Å². The summed E-state index contributed by atoms with van der Waals surface area (Å²) in [5, 5.41) is 11.0. The van der Waals surface area contributed by atoms with Crippen LogP contribution >= 0.6 is 0 Å². The monoisotopic (exact) mass is 419 g/mol. The van der Waals surface area contributed by atoms with Gasteiger partial charge in [0, 0.05) is 23.6 Å². The standard InChI is InChI=1S/C26H23F2NO2/c1-2-24-21(14-17-6-4-3-5-7-17)20-11-10-19(30)16-25(20)29(24)26(31)13-9-18-8-12-22(27)23(28)15-18/h3-8,10-12,15-16,30H,2,9,13-14H2,1H3. The van der Waals surface area contributed by atoms with Crippen molar-refractivity contribution in [2.24, 2.45) is 0 Å². The van der Waals surface area contributed by atoms with Crippen LogP contribution in [0.2, 0.25) is 0 Å². The number of fused-ring (bicyclic) bond motifs is 1. The molecule has 3 nitrogen and oxygen atoms in total. The molecule has 0 aliphatic heterocycles. The minimum absolute atomic E-state index is 0.0913. The lowest BCUT2D eigenvalue weighted by atomic mass is 10.0. The number of phenolic OH excluding ortho intramolecular Hbond substituents is 1. The molecule has 5 heteroatoms. The summed E-state index contributed by atoms with van der Waals surface area (Å²) in [6.07, 6.45) is 1.76. The van der Waals surface area contributed by atoms with Gasteiger partial charge in [0.25, 0.3) is 0 Å². The van der Waals surface area contributed by atoms with Crippen molar-refractivity contribution in [3.05, 3.63) is 101 Å². The van der Waals surface area contributed by atoms with Gasteiger partial charge < -0.3 is 5.11 Å². The molecule has 0 fully saturated rings. The fourth-order valence-corrected chi connectivity index (χ4v) is 4.11. The summed E-state index contributed by atoms with van der Waals surface area (Å²) < 4.78 is 28.4. The summed E-state index contributed by atoms with van der Waals surface area (Å²) in [4.78, 5) is 13.3. The molecule has 1 aromatic heterocycles. The number of nitrogens with zero attached hydrogens (tertiary/aromatic N) is 1. The Morgan fingerprint density at radius 1 is 0.935 bits per heavy atom. The number of carbonyl (C=O) groups is 1. The van der Waals surface area contributed by atoms with Crippen LogP contribution in [0.15, 0.2) is 66.7 Å². The molecule has 4 rings (SSSR count). The largest absolute Gasteiger partial charge is 0.508 e.